The smallest absolute Gasteiger partial charge is 0.218 e. The zero-order valence-corrected chi connectivity index (χ0v) is 11.2. The minimum Gasteiger partial charge on any atom is -0.475 e. The fourth-order valence-electron chi connectivity index (χ4n) is 2.04. The van der Waals surface area contributed by atoms with E-state index in [4.69, 9.17) is 9.47 Å². The lowest BCUT2D eigenvalue weighted by molar-refractivity contribution is 0.0775. The van der Waals surface area contributed by atoms with Crippen molar-refractivity contribution < 1.29 is 9.47 Å². The molecule has 0 aliphatic carbocycles. The Balaban J connectivity index is 1.91. The molecule has 0 aromatic carbocycles. The Labute approximate surface area is 109 Å². The van der Waals surface area contributed by atoms with E-state index in [0.29, 0.717) is 6.04 Å². The van der Waals surface area contributed by atoms with Crippen molar-refractivity contribution >= 4 is 0 Å². The quantitative estimate of drug-likeness (QED) is 0.869. The van der Waals surface area contributed by atoms with E-state index in [1.54, 1.807) is 6.20 Å². The lowest BCUT2D eigenvalue weighted by Crippen LogP contribution is -2.34. The highest BCUT2D eigenvalue weighted by molar-refractivity contribution is 5.25. The highest BCUT2D eigenvalue weighted by atomic mass is 16.5. The van der Waals surface area contributed by atoms with Gasteiger partial charge in [-0.1, -0.05) is 6.07 Å². The Morgan fingerprint density at radius 2 is 2.22 bits per heavy atom. The lowest BCUT2D eigenvalue weighted by Gasteiger charge is -2.23. The van der Waals surface area contributed by atoms with Crippen LogP contribution >= 0.6 is 0 Å². The predicted molar refractivity (Wildman–Crippen MR) is 70.7 cm³/mol. The third-order valence-corrected chi connectivity index (χ3v) is 3.00. The molecule has 0 radical (unpaired) electrons. The molecular formula is C14H22N2O2. The molecule has 0 unspecified atom stereocenters. The Kier molecular flexibility index (Phi) is 4.96. The van der Waals surface area contributed by atoms with Gasteiger partial charge in [-0.3, -0.25) is 0 Å². The van der Waals surface area contributed by atoms with Gasteiger partial charge in [-0.15, -0.1) is 0 Å². The number of rotatable bonds is 5. The summed E-state index contributed by atoms with van der Waals surface area (Å²) in [4.78, 5) is 4.30. The third kappa shape index (κ3) is 3.96. The van der Waals surface area contributed by atoms with E-state index in [1.807, 2.05) is 19.9 Å². The molecule has 1 fully saturated rings. The molecule has 0 atom stereocenters. The number of nitrogens with one attached hydrogen (secondary N) is 1. The zero-order chi connectivity index (χ0) is 12.8. The van der Waals surface area contributed by atoms with Gasteiger partial charge in [-0.05, 0) is 32.8 Å². The second-order valence-corrected chi connectivity index (χ2v) is 4.90. The molecule has 4 heteroatoms. The number of ether oxygens (including phenoxy) is 2. The van der Waals surface area contributed by atoms with Crippen LogP contribution in [0.1, 0.15) is 32.3 Å². The Hall–Kier alpha value is -1.13. The van der Waals surface area contributed by atoms with Gasteiger partial charge in [0, 0.05) is 37.6 Å². The number of aromatic nitrogens is 1. The molecule has 4 nitrogen and oxygen atoms in total. The van der Waals surface area contributed by atoms with Crippen molar-refractivity contribution in [3.8, 4) is 5.88 Å². The van der Waals surface area contributed by atoms with Crippen LogP contribution in [-0.4, -0.2) is 30.3 Å². The van der Waals surface area contributed by atoms with Crippen LogP contribution in [0.5, 0.6) is 5.88 Å². The molecule has 1 aromatic rings. The second-order valence-electron chi connectivity index (χ2n) is 4.90. The van der Waals surface area contributed by atoms with Crippen LogP contribution in [0.25, 0.3) is 0 Å². The van der Waals surface area contributed by atoms with Gasteiger partial charge in [0.2, 0.25) is 5.88 Å². The molecule has 1 aromatic heterocycles. The predicted octanol–water partition coefficient (Wildman–Crippen LogP) is 2.14. The first kappa shape index (κ1) is 13.3. The summed E-state index contributed by atoms with van der Waals surface area (Å²) < 4.78 is 11.1. The average Bonchev–Trinajstić information content (AvgIpc) is 2.38. The average molecular weight is 250 g/mol. The van der Waals surface area contributed by atoms with Crippen molar-refractivity contribution in [3.63, 3.8) is 0 Å². The summed E-state index contributed by atoms with van der Waals surface area (Å²) >= 11 is 0. The molecular weight excluding hydrogens is 228 g/mol. The normalized spacial score (nSPS) is 17.1. The van der Waals surface area contributed by atoms with Gasteiger partial charge in [0.05, 0.1) is 6.10 Å². The number of pyridine rings is 1. The van der Waals surface area contributed by atoms with Crippen molar-refractivity contribution in [3.05, 3.63) is 23.9 Å². The van der Waals surface area contributed by atoms with Crippen molar-refractivity contribution in [2.24, 2.45) is 0 Å². The molecule has 0 spiro atoms. The van der Waals surface area contributed by atoms with Crippen LogP contribution < -0.4 is 10.1 Å². The maximum Gasteiger partial charge on any atom is 0.218 e. The van der Waals surface area contributed by atoms with E-state index in [0.717, 1.165) is 44.0 Å². The molecule has 0 amide bonds. The maximum atomic E-state index is 5.71. The minimum absolute atomic E-state index is 0.154. The topological polar surface area (TPSA) is 43.4 Å². The molecule has 1 N–H and O–H groups in total. The van der Waals surface area contributed by atoms with E-state index < -0.39 is 0 Å². The van der Waals surface area contributed by atoms with Gasteiger partial charge >= 0.3 is 0 Å². The maximum absolute atomic E-state index is 5.71. The van der Waals surface area contributed by atoms with Crippen LogP contribution in [0, 0.1) is 0 Å². The molecule has 1 saturated heterocycles. The SMILES string of the molecule is CC(C)Oc1ncccc1CNC1CCOCC1. The van der Waals surface area contributed by atoms with Crippen molar-refractivity contribution in [2.75, 3.05) is 13.2 Å². The van der Waals surface area contributed by atoms with Crippen LogP contribution in [0.15, 0.2) is 18.3 Å². The van der Waals surface area contributed by atoms with E-state index in [1.165, 1.54) is 0 Å². The van der Waals surface area contributed by atoms with Gasteiger partial charge in [0.15, 0.2) is 0 Å². The van der Waals surface area contributed by atoms with E-state index >= 15 is 0 Å². The molecule has 1 aliphatic rings. The fraction of sp³-hybridized carbons (Fsp3) is 0.643. The van der Waals surface area contributed by atoms with E-state index in [9.17, 15) is 0 Å². The number of hydrogen-bond acceptors (Lipinski definition) is 4. The van der Waals surface area contributed by atoms with Gasteiger partial charge in [-0.2, -0.15) is 0 Å². The summed E-state index contributed by atoms with van der Waals surface area (Å²) in [6.45, 7) is 6.56. The number of hydrogen-bond donors (Lipinski definition) is 1. The Morgan fingerprint density at radius 1 is 1.44 bits per heavy atom. The Morgan fingerprint density at radius 3 is 2.94 bits per heavy atom. The van der Waals surface area contributed by atoms with Crippen molar-refractivity contribution in [2.45, 2.75) is 45.4 Å². The highest BCUT2D eigenvalue weighted by Gasteiger charge is 2.14. The molecule has 2 rings (SSSR count). The summed E-state index contributed by atoms with van der Waals surface area (Å²) in [5.74, 6) is 0.743. The molecule has 18 heavy (non-hydrogen) atoms. The van der Waals surface area contributed by atoms with E-state index in [-0.39, 0.29) is 6.10 Å². The zero-order valence-electron chi connectivity index (χ0n) is 11.2. The largest absolute Gasteiger partial charge is 0.475 e. The van der Waals surface area contributed by atoms with E-state index in [2.05, 4.69) is 16.4 Å². The molecule has 100 valence electrons. The van der Waals surface area contributed by atoms with Gasteiger partial charge in [0.25, 0.3) is 0 Å². The van der Waals surface area contributed by atoms with Gasteiger partial charge < -0.3 is 14.8 Å². The summed E-state index contributed by atoms with van der Waals surface area (Å²) in [5, 5.41) is 3.55. The van der Waals surface area contributed by atoms with Crippen LogP contribution in [0.4, 0.5) is 0 Å². The first-order valence-corrected chi connectivity index (χ1v) is 6.67. The summed E-state index contributed by atoms with van der Waals surface area (Å²) in [7, 11) is 0. The minimum atomic E-state index is 0.154. The highest BCUT2D eigenvalue weighted by Crippen LogP contribution is 2.16. The van der Waals surface area contributed by atoms with Gasteiger partial charge in [0.1, 0.15) is 0 Å². The van der Waals surface area contributed by atoms with Crippen LogP contribution in [0.2, 0.25) is 0 Å². The summed E-state index contributed by atoms with van der Waals surface area (Å²) in [5.41, 5.74) is 1.12. The summed E-state index contributed by atoms with van der Waals surface area (Å²) in [6, 6.07) is 4.57. The molecule has 1 aliphatic heterocycles. The molecule has 2 heterocycles. The molecule has 0 saturated carbocycles. The fourth-order valence-corrected chi connectivity index (χ4v) is 2.04. The standard InChI is InChI=1S/C14H22N2O2/c1-11(2)18-14-12(4-3-7-15-14)10-16-13-5-8-17-9-6-13/h3-4,7,11,13,16H,5-6,8-10H2,1-2H3. The first-order valence-electron chi connectivity index (χ1n) is 6.67. The van der Waals surface area contributed by atoms with Crippen molar-refractivity contribution in [1.82, 2.24) is 10.3 Å². The summed E-state index contributed by atoms with van der Waals surface area (Å²) in [6.07, 6.45) is 4.10. The third-order valence-electron chi connectivity index (χ3n) is 3.00. The van der Waals surface area contributed by atoms with Crippen LogP contribution in [-0.2, 0) is 11.3 Å². The molecule has 0 bridgehead atoms. The van der Waals surface area contributed by atoms with Gasteiger partial charge in [-0.25, -0.2) is 4.98 Å². The second kappa shape index (κ2) is 6.71. The first-order chi connectivity index (χ1) is 8.75. The Bertz CT molecular complexity index is 363. The monoisotopic (exact) mass is 250 g/mol. The lowest BCUT2D eigenvalue weighted by atomic mass is 10.1. The van der Waals surface area contributed by atoms with Crippen molar-refractivity contribution in [1.29, 1.82) is 0 Å². The van der Waals surface area contributed by atoms with Crippen LogP contribution in [0.3, 0.4) is 0 Å². The number of nitrogens with zero attached hydrogens (tertiary/aromatic N) is 1.